The van der Waals surface area contributed by atoms with Gasteiger partial charge in [0.1, 0.15) is 0 Å². The van der Waals surface area contributed by atoms with Gasteiger partial charge in [0.25, 0.3) is 0 Å². The van der Waals surface area contributed by atoms with E-state index in [-0.39, 0.29) is 6.04 Å². The molecule has 2 aromatic rings. The summed E-state index contributed by atoms with van der Waals surface area (Å²) in [6.07, 6.45) is 4.96. The summed E-state index contributed by atoms with van der Waals surface area (Å²) < 4.78 is 27.1. The smallest absolute Gasteiger partial charge is 0.243 e. The third kappa shape index (κ3) is 2.69. The van der Waals surface area contributed by atoms with Gasteiger partial charge in [-0.15, -0.1) is 0 Å². The largest absolute Gasteiger partial charge is 0.261 e. The summed E-state index contributed by atoms with van der Waals surface area (Å²) in [6.45, 7) is 2.39. The molecular weight excluding hydrogens is 286 g/mol. The summed E-state index contributed by atoms with van der Waals surface area (Å²) >= 11 is 0. The van der Waals surface area contributed by atoms with Gasteiger partial charge in [-0.25, -0.2) is 8.42 Å². The van der Waals surface area contributed by atoms with E-state index in [1.54, 1.807) is 41.0 Å². The number of hydrogen-bond acceptors (Lipinski definition) is 4. The average Bonchev–Trinajstić information content (AvgIpc) is 2.98. The van der Waals surface area contributed by atoms with Gasteiger partial charge in [0.2, 0.25) is 10.0 Å². The lowest BCUT2D eigenvalue weighted by Crippen LogP contribution is -2.31. The Kier molecular flexibility index (Phi) is 3.73. The van der Waals surface area contributed by atoms with Crippen molar-refractivity contribution >= 4 is 10.0 Å². The van der Waals surface area contributed by atoms with Crippen molar-refractivity contribution in [1.29, 1.82) is 0 Å². The van der Waals surface area contributed by atoms with E-state index in [1.807, 2.05) is 13.0 Å². The van der Waals surface area contributed by atoms with Crippen LogP contribution in [0.3, 0.4) is 0 Å². The van der Waals surface area contributed by atoms with Gasteiger partial charge in [0, 0.05) is 12.7 Å². The number of sulfonamides is 1. The number of aromatic nitrogens is 2. The molecule has 110 valence electrons. The third-order valence-electron chi connectivity index (χ3n) is 3.67. The topological polar surface area (TPSA) is 63.2 Å². The Labute approximate surface area is 124 Å². The molecule has 3 rings (SSSR count). The van der Waals surface area contributed by atoms with Gasteiger partial charge in [0.15, 0.2) is 0 Å². The molecule has 1 fully saturated rings. The van der Waals surface area contributed by atoms with Crippen LogP contribution in [0.15, 0.2) is 47.6 Å². The van der Waals surface area contributed by atoms with E-state index in [1.165, 1.54) is 0 Å². The molecule has 0 amide bonds. The first-order valence-electron chi connectivity index (χ1n) is 6.94. The van der Waals surface area contributed by atoms with Crippen LogP contribution in [0.5, 0.6) is 0 Å². The van der Waals surface area contributed by atoms with Crippen LogP contribution in [0.25, 0.3) is 0 Å². The van der Waals surface area contributed by atoms with Crippen molar-refractivity contribution < 1.29 is 8.42 Å². The maximum atomic E-state index is 12.8. The van der Waals surface area contributed by atoms with Gasteiger partial charge in [0.05, 0.1) is 28.5 Å². The van der Waals surface area contributed by atoms with Crippen LogP contribution >= 0.6 is 0 Å². The Bertz CT molecular complexity index is 732. The Morgan fingerprint density at radius 1 is 1.19 bits per heavy atom. The standard InChI is InChI=1S/C15H17N3O2S/c1-12-10-16-11-14(17-12)15-8-5-9-18(15)21(19,20)13-6-3-2-4-7-13/h2-4,6-7,10-11,15H,5,8-9H2,1H3. The highest BCUT2D eigenvalue weighted by Gasteiger charge is 2.36. The molecule has 0 radical (unpaired) electrons. The molecule has 1 unspecified atom stereocenters. The fourth-order valence-corrected chi connectivity index (χ4v) is 4.38. The lowest BCUT2D eigenvalue weighted by molar-refractivity contribution is 0.389. The number of aryl methyl sites for hydroxylation is 1. The summed E-state index contributed by atoms with van der Waals surface area (Å²) in [4.78, 5) is 8.91. The molecule has 5 nitrogen and oxygen atoms in total. The molecule has 1 saturated heterocycles. The van der Waals surface area contributed by atoms with E-state index in [0.29, 0.717) is 11.4 Å². The van der Waals surface area contributed by atoms with Crippen LogP contribution < -0.4 is 0 Å². The second-order valence-electron chi connectivity index (χ2n) is 5.17. The lowest BCUT2D eigenvalue weighted by atomic mass is 10.2. The van der Waals surface area contributed by atoms with E-state index >= 15 is 0 Å². The minimum absolute atomic E-state index is 0.220. The predicted molar refractivity (Wildman–Crippen MR) is 79.1 cm³/mol. The second kappa shape index (κ2) is 5.54. The molecule has 0 N–H and O–H groups in total. The number of rotatable bonds is 3. The van der Waals surface area contributed by atoms with Crippen LogP contribution in [0.4, 0.5) is 0 Å². The zero-order chi connectivity index (χ0) is 14.9. The molecule has 0 spiro atoms. The van der Waals surface area contributed by atoms with Crippen molar-refractivity contribution in [2.45, 2.75) is 30.7 Å². The maximum absolute atomic E-state index is 12.8. The van der Waals surface area contributed by atoms with E-state index in [4.69, 9.17) is 0 Å². The highest BCUT2D eigenvalue weighted by atomic mass is 32.2. The monoisotopic (exact) mass is 303 g/mol. The molecule has 0 aliphatic carbocycles. The normalized spacial score (nSPS) is 19.8. The third-order valence-corrected chi connectivity index (χ3v) is 5.59. The Morgan fingerprint density at radius 2 is 1.95 bits per heavy atom. The predicted octanol–water partition coefficient (Wildman–Crippen LogP) is 2.31. The molecule has 1 aromatic heterocycles. The molecule has 1 atom stereocenters. The molecule has 1 aromatic carbocycles. The number of hydrogen-bond donors (Lipinski definition) is 0. The molecule has 21 heavy (non-hydrogen) atoms. The average molecular weight is 303 g/mol. The summed E-state index contributed by atoms with van der Waals surface area (Å²) in [5, 5.41) is 0. The SMILES string of the molecule is Cc1cncc(C2CCCN2S(=O)(=O)c2ccccc2)n1. The van der Waals surface area contributed by atoms with Gasteiger partial charge in [-0.2, -0.15) is 4.31 Å². The van der Waals surface area contributed by atoms with Gasteiger partial charge in [-0.3, -0.25) is 9.97 Å². The second-order valence-corrected chi connectivity index (χ2v) is 7.06. The van der Waals surface area contributed by atoms with Crippen molar-refractivity contribution in [2.75, 3.05) is 6.54 Å². The Balaban J connectivity index is 1.98. The van der Waals surface area contributed by atoms with Crippen molar-refractivity contribution in [2.24, 2.45) is 0 Å². The number of benzene rings is 1. The van der Waals surface area contributed by atoms with Crippen LogP contribution in [0.1, 0.15) is 30.3 Å². The van der Waals surface area contributed by atoms with Gasteiger partial charge >= 0.3 is 0 Å². The van der Waals surface area contributed by atoms with Crippen molar-refractivity contribution in [1.82, 2.24) is 14.3 Å². The number of nitrogens with zero attached hydrogens (tertiary/aromatic N) is 3. The molecular formula is C15H17N3O2S. The molecule has 0 bridgehead atoms. The first kappa shape index (κ1) is 14.2. The van der Waals surface area contributed by atoms with Crippen molar-refractivity contribution in [3.8, 4) is 0 Å². The molecule has 1 aliphatic rings. The molecule has 0 saturated carbocycles. The summed E-state index contributed by atoms with van der Waals surface area (Å²) in [5.74, 6) is 0. The zero-order valence-corrected chi connectivity index (χ0v) is 12.6. The summed E-state index contributed by atoms with van der Waals surface area (Å²) in [6, 6.07) is 8.34. The zero-order valence-electron chi connectivity index (χ0n) is 11.8. The van der Waals surface area contributed by atoms with E-state index in [2.05, 4.69) is 9.97 Å². The lowest BCUT2D eigenvalue weighted by Gasteiger charge is -2.23. The highest BCUT2D eigenvalue weighted by molar-refractivity contribution is 7.89. The molecule has 2 heterocycles. The Hall–Kier alpha value is -1.79. The highest BCUT2D eigenvalue weighted by Crippen LogP contribution is 2.35. The van der Waals surface area contributed by atoms with Gasteiger partial charge in [-0.1, -0.05) is 18.2 Å². The van der Waals surface area contributed by atoms with E-state index < -0.39 is 10.0 Å². The first-order valence-corrected chi connectivity index (χ1v) is 8.38. The van der Waals surface area contributed by atoms with E-state index in [0.717, 1.165) is 24.2 Å². The fourth-order valence-electron chi connectivity index (χ4n) is 2.69. The molecule has 6 heteroatoms. The molecule has 1 aliphatic heterocycles. The Morgan fingerprint density at radius 3 is 2.67 bits per heavy atom. The quantitative estimate of drug-likeness (QED) is 0.873. The van der Waals surface area contributed by atoms with Gasteiger partial charge in [-0.05, 0) is 31.9 Å². The van der Waals surface area contributed by atoms with Gasteiger partial charge < -0.3 is 0 Å². The summed E-state index contributed by atoms with van der Waals surface area (Å²) in [7, 11) is -3.48. The minimum Gasteiger partial charge on any atom is -0.261 e. The summed E-state index contributed by atoms with van der Waals surface area (Å²) in [5.41, 5.74) is 1.53. The van der Waals surface area contributed by atoms with Crippen LogP contribution in [-0.4, -0.2) is 29.2 Å². The van der Waals surface area contributed by atoms with Crippen molar-refractivity contribution in [3.63, 3.8) is 0 Å². The van der Waals surface area contributed by atoms with Crippen LogP contribution in [0.2, 0.25) is 0 Å². The van der Waals surface area contributed by atoms with E-state index in [9.17, 15) is 8.42 Å². The van der Waals surface area contributed by atoms with Crippen molar-refractivity contribution in [3.05, 3.63) is 54.1 Å². The first-order chi connectivity index (χ1) is 10.1. The van der Waals surface area contributed by atoms with Crippen LogP contribution in [0, 0.1) is 6.92 Å². The minimum atomic E-state index is -3.48. The van der Waals surface area contributed by atoms with Crippen LogP contribution in [-0.2, 0) is 10.0 Å². The maximum Gasteiger partial charge on any atom is 0.243 e. The fraction of sp³-hybridized carbons (Fsp3) is 0.333.